The summed E-state index contributed by atoms with van der Waals surface area (Å²) in [6.45, 7) is 0. The highest BCUT2D eigenvalue weighted by Gasteiger charge is 2.10. The molecule has 0 bridgehead atoms. The van der Waals surface area contributed by atoms with E-state index >= 15 is 0 Å². The summed E-state index contributed by atoms with van der Waals surface area (Å²) in [6, 6.07) is 14.6. The minimum absolute atomic E-state index is 0.140. The number of halogens is 1. The zero-order valence-corrected chi connectivity index (χ0v) is 14.1. The van der Waals surface area contributed by atoms with Crippen LogP contribution in [0.3, 0.4) is 0 Å². The number of benzene rings is 2. The van der Waals surface area contributed by atoms with Crippen LogP contribution in [-0.2, 0) is 4.79 Å². The molecule has 2 aromatic rings. The molecule has 0 radical (unpaired) electrons. The lowest BCUT2D eigenvalue weighted by atomic mass is 10.1. The van der Waals surface area contributed by atoms with Crippen LogP contribution >= 0.6 is 27.7 Å². The van der Waals surface area contributed by atoms with Crippen molar-refractivity contribution in [3.05, 3.63) is 58.6 Å². The molecule has 0 atom stereocenters. The van der Waals surface area contributed by atoms with Crippen LogP contribution in [0.5, 0.6) is 0 Å². The van der Waals surface area contributed by atoms with Crippen molar-refractivity contribution in [1.29, 1.82) is 0 Å². The molecule has 2 aromatic carbocycles. The number of primary amides is 1. The first-order valence-electron chi connectivity index (χ1n) is 6.63. The molecule has 0 spiro atoms. The maximum Gasteiger partial charge on any atom is 0.250 e. The van der Waals surface area contributed by atoms with Gasteiger partial charge in [0.2, 0.25) is 5.91 Å². The minimum Gasteiger partial charge on any atom is -0.366 e. The molecule has 0 unspecified atom stereocenters. The number of amides is 2. The van der Waals surface area contributed by atoms with E-state index in [0.717, 1.165) is 9.37 Å². The summed E-state index contributed by atoms with van der Waals surface area (Å²) in [5.74, 6) is -0.0369. The third-order valence-electron chi connectivity index (χ3n) is 2.88. The summed E-state index contributed by atoms with van der Waals surface area (Å²) in [7, 11) is 0. The quantitative estimate of drug-likeness (QED) is 0.753. The largest absolute Gasteiger partial charge is 0.366 e. The highest BCUT2D eigenvalue weighted by molar-refractivity contribution is 9.10. The fourth-order valence-corrected chi connectivity index (χ4v) is 2.93. The fourth-order valence-electron chi connectivity index (χ4n) is 1.81. The second kappa shape index (κ2) is 8.00. The molecule has 3 N–H and O–H groups in total. The topological polar surface area (TPSA) is 72.2 Å². The Labute approximate surface area is 141 Å². The van der Waals surface area contributed by atoms with Gasteiger partial charge in [-0.05, 0) is 36.4 Å². The number of rotatable bonds is 6. The third kappa shape index (κ3) is 4.89. The molecule has 6 heteroatoms. The highest BCUT2D eigenvalue weighted by atomic mass is 79.9. The molecule has 0 saturated heterocycles. The predicted molar refractivity (Wildman–Crippen MR) is 93.1 cm³/mol. The van der Waals surface area contributed by atoms with Crippen molar-refractivity contribution in [3.8, 4) is 0 Å². The van der Waals surface area contributed by atoms with Gasteiger partial charge in [-0.15, -0.1) is 11.8 Å². The van der Waals surface area contributed by atoms with Crippen molar-refractivity contribution in [2.45, 2.75) is 11.3 Å². The second-order valence-electron chi connectivity index (χ2n) is 4.51. The number of carbonyl (C=O) groups excluding carboxylic acids is 2. The standard InChI is InChI=1S/C16H15BrN2O2S/c17-11-5-7-12(8-6-11)22-10-9-15(20)19-14-4-2-1-3-13(14)16(18)21/h1-8H,9-10H2,(H2,18,21)(H,19,20). The van der Waals surface area contributed by atoms with Gasteiger partial charge >= 0.3 is 0 Å². The molecule has 0 fully saturated rings. The Morgan fingerprint density at radius 1 is 1.09 bits per heavy atom. The maximum absolute atomic E-state index is 11.9. The number of hydrogen-bond donors (Lipinski definition) is 2. The molecule has 22 heavy (non-hydrogen) atoms. The van der Waals surface area contributed by atoms with E-state index in [1.807, 2.05) is 24.3 Å². The van der Waals surface area contributed by atoms with Crippen LogP contribution < -0.4 is 11.1 Å². The van der Waals surface area contributed by atoms with E-state index in [-0.39, 0.29) is 5.91 Å². The van der Waals surface area contributed by atoms with Crippen LogP contribution in [0.15, 0.2) is 57.9 Å². The van der Waals surface area contributed by atoms with Gasteiger partial charge in [0.25, 0.3) is 5.91 Å². The number of carbonyl (C=O) groups is 2. The molecule has 0 aliphatic heterocycles. The molecule has 4 nitrogen and oxygen atoms in total. The van der Waals surface area contributed by atoms with Crippen molar-refractivity contribution in [1.82, 2.24) is 0 Å². The fraction of sp³-hybridized carbons (Fsp3) is 0.125. The van der Waals surface area contributed by atoms with E-state index in [1.54, 1.807) is 36.0 Å². The van der Waals surface area contributed by atoms with Gasteiger partial charge in [0, 0.05) is 21.5 Å². The maximum atomic E-state index is 11.9. The summed E-state index contributed by atoms with van der Waals surface area (Å²) in [6.07, 6.45) is 0.355. The zero-order chi connectivity index (χ0) is 15.9. The van der Waals surface area contributed by atoms with Gasteiger partial charge in [-0.3, -0.25) is 9.59 Å². The Morgan fingerprint density at radius 2 is 1.77 bits per heavy atom. The molecular weight excluding hydrogens is 364 g/mol. The normalized spacial score (nSPS) is 10.2. The lowest BCUT2D eigenvalue weighted by Gasteiger charge is -2.08. The van der Waals surface area contributed by atoms with Crippen LogP contribution in [-0.4, -0.2) is 17.6 Å². The summed E-state index contributed by atoms with van der Waals surface area (Å²) in [4.78, 5) is 24.3. The van der Waals surface area contributed by atoms with Crippen molar-refractivity contribution in [3.63, 3.8) is 0 Å². The monoisotopic (exact) mass is 378 g/mol. The van der Waals surface area contributed by atoms with Gasteiger partial charge in [0.05, 0.1) is 11.3 Å². The first kappa shape index (κ1) is 16.6. The van der Waals surface area contributed by atoms with E-state index in [9.17, 15) is 9.59 Å². The lowest BCUT2D eigenvalue weighted by Crippen LogP contribution is -2.18. The van der Waals surface area contributed by atoms with E-state index in [0.29, 0.717) is 23.4 Å². The van der Waals surface area contributed by atoms with Crippen LogP contribution in [0.25, 0.3) is 0 Å². The summed E-state index contributed by atoms with van der Waals surface area (Å²) < 4.78 is 1.03. The van der Waals surface area contributed by atoms with E-state index in [1.165, 1.54) is 0 Å². The molecule has 114 valence electrons. The van der Waals surface area contributed by atoms with Gasteiger partial charge in [-0.1, -0.05) is 28.1 Å². The first-order valence-corrected chi connectivity index (χ1v) is 8.41. The Morgan fingerprint density at radius 3 is 2.45 bits per heavy atom. The zero-order valence-electron chi connectivity index (χ0n) is 11.7. The second-order valence-corrected chi connectivity index (χ2v) is 6.59. The van der Waals surface area contributed by atoms with Crippen molar-refractivity contribution >= 4 is 45.2 Å². The molecule has 0 heterocycles. The highest BCUT2D eigenvalue weighted by Crippen LogP contribution is 2.21. The van der Waals surface area contributed by atoms with Crippen molar-refractivity contribution in [2.75, 3.05) is 11.1 Å². The molecule has 2 amide bonds. The Balaban J connectivity index is 1.86. The van der Waals surface area contributed by atoms with E-state index in [4.69, 9.17) is 5.73 Å². The van der Waals surface area contributed by atoms with Gasteiger partial charge in [-0.25, -0.2) is 0 Å². The first-order chi connectivity index (χ1) is 10.6. The molecule has 0 aromatic heterocycles. The van der Waals surface area contributed by atoms with Crippen molar-refractivity contribution in [2.24, 2.45) is 5.73 Å². The number of para-hydroxylation sites is 1. The van der Waals surface area contributed by atoms with Gasteiger partial charge in [0.1, 0.15) is 0 Å². The average molecular weight is 379 g/mol. The summed E-state index contributed by atoms with van der Waals surface area (Å²) in [5.41, 5.74) is 6.05. The van der Waals surface area contributed by atoms with Gasteiger partial charge in [-0.2, -0.15) is 0 Å². The van der Waals surface area contributed by atoms with Crippen LogP contribution in [0, 0.1) is 0 Å². The number of nitrogens with one attached hydrogen (secondary N) is 1. The number of anilines is 1. The minimum atomic E-state index is -0.555. The average Bonchev–Trinajstić information content (AvgIpc) is 2.49. The molecule has 0 saturated carbocycles. The Hall–Kier alpha value is -1.79. The van der Waals surface area contributed by atoms with E-state index < -0.39 is 5.91 Å². The molecular formula is C16H15BrN2O2S. The third-order valence-corrected chi connectivity index (χ3v) is 4.42. The molecule has 0 aliphatic carbocycles. The van der Waals surface area contributed by atoms with Crippen molar-refractivity contribution < 1.29 is 9.59 Å². The van der Waals surface area contributed by atoms with E-state index in [2.05, 4.69) is 21.2 Å². The summed E-state index contributed by atoms with van der Waals surface area (Å²) >= 11 is 4.99. The van der Waals surface area contributed by atoms with Gasteiger partial charge < -0.3 is 11.1 Å². The Kier molecular flexibility index (Phi) is 6.03. The number of nitrogens with two attached hydrogens (primary N) is 1. The van der Waals surface area contributed by atoms with Crippen LogP contribution in [0.4, 0.5) is 5.69 Å². The van der Waals surface area contributed by atoms with Crippen LogP contribution in [0.2, 0.25) is 0 Å². The SMILES string of the molecule is NC(=O)c1ccccc1NC(=O)CCSc1ccc(Br)cc1. The number of thioether (sulfide) groups is 1. The Bertz CT molecular complexity index is 674. The predicted octanol–water partition coefficient (Wildman–Crippen LogP) is 3.67. The lowest BCUT2D eigenvalue weighted by molar-refractivity contribution is -0.115. The molecule has 0 aliphatic rings. The number of hydrogen-bond acceptors (Lipinski definition) is 3. The summed E-state index contributed by atoms with van der Waals surface area (Å²) in [5, 5.41) is 2.73. The molecule has 2 rings (SSSR count). The smallest absolute Gasteiger partial charge is 0.250 e. The van der Waals surface area contributed by atoms with Crippen LogP contribution in [0.1, 0.15) is 16.8 Å². The van der Waals surface area contributed by atoms with Gasteiger partial charge in [0.15, 0.2) is 0 Å².